The fraction of sp³-hybridized carbons (Fsp3) is 0.478. The summed E-state index contributed by atoms with van der Waals surface area (Å²) < 4.78 is 17.5. The van der Waals surface area contributed by atoms with E-state index >= 15 is 0 Å². The quantitative estimate of drug-likeness (QED) is 0.880. The van der Waals surface area contributed by atoms with Gasteiger partial charge in [-0.15, -0.1) is 0 Å². The summed E-state index contributed by atoms with van der Waals surface area (Å²) in [6.07, 6.45) is -0.398. The van der Waals surface area contributed by atoms with Crippen LogP contribution < -0.4 is 0 Å². The highest BCUT2D eigenvalue weighted by Gasteiger charge is 2.48. The van der Waals surface area contributed by atoms with Crippen molar-refractivity contribution in [3.8, 4) is 11.1 Å². The minimum Gasteiger partial charge on any atom is -0.390 e. The molecule has 0 radical (unpaired) electrons. The molecule has 2 fully saturated rings. The number of rotatable bonds is 4. The van der Waals surface area contributed by atoms with E-state index in [-0.39, 0.29) is 12.3 Å². The van der Waals surface area contributed by atoms with E-state index in [1.807, 2.05) is 37.3 Å². The molecular weight excluding hydrogens is 354 g/mol. The van der Waals surface area contributed by atoms with Crippen molar-refractivity contribution in [3.63, 3.8) is 0 Å². The molecule has 0 aromatic heterocycles. The van der Waals surface area contributed by atoms with Crippen molar-refractivity contribution in [1.29, 1.82) is 0 Å². The van der Waals surface area contributed by atoms with Gasteiger partial charge in [-0.3, -0.25) is 4.90 Å². The molecule has 5 heteroatoms. The minimum atomic E-state index is -0.807. The Labute approximate surface area is 166 Å². The fourth-order valence-corrected chi connectivity index (χ4v) is 4.28. The Bertz CT molecular complexity index is 760. The Morgan fingerprint density at radius 2 is 1.64 bits per heavy atom. The summed E-state index contributed by atoms with van der Waals surface area (Å²) in [6, 6.07) is 18.6. The molecule has 0 aliphatic carbocycles. The molecule has 4 atom stereocenters. The SMILES string of the molecule is COC1OC(C)(c2ccc(-c3ccccc3)cc2)C(O)CC1N1CCOCC1. The average molecular weight is 383 g/mol. The van der Waals surface area contributed by atoms with Gasteiger partial charge in [-0.2, -0.15) is 0 Å². The van der Waals surface area contributed by atoms with Gasteiger partial charge in [0.15, 0.2) is 6.29 Å². The Hall–Kier alpha value is -1.76. The number of nitrogens with zero attached hydrogens (tertiary/aromatic N) is 1. The van der Waals surface area contributed by atoms with Crippen LogP contribution >= 0.6 is 0 Å². The van der Waals surface area contributed by atoms with Gasteiger partial charge in [-0.05, 0) is 30.0 Å². The van der Waals surface area contributed by atoms with Crippen LogP contribution in [0, 0.1) is 0 Å². The van der Waals surface area contributed by atoms with Crippen LogP contribution in [-0.2, 0) is 19.8 Å². The third-order valence-corrected chi connectivity index (χ3v) is 6.09. The van der Waals surface area contributed by atoms with E-state index in [0.29, 0.717) is 19.6 Å². The molecule has 5 nitrogen and oxygen atoms in total. The van der Waals surface area contributed by atoms with Gasteiger partial charge in [0.2, 0.25) is 0 Å². The Balaban J connectivity index is 1.55. The smallest absolute Gasteiger partial charge is 0.173 e. The lowest BCUT2D eigenvalue weighted by Crippen LogP contribution is -2.60. The first-order valence-corrected chi connectivity index (χ1v) is 9.98. The predicted molar refractivity (Wildman–Crippen MR) is 108 cm³/mol. The molecule has 4 unspecified atom stereocenters. The van der Waals surface area contributed by atoms with E-state index < -0.39 is 11.7 Å². The summed E-state index contributed by atoms with van der Waals surface area (Å²) in [4.78, 5) is 2.30. The van der Waals surface area contributed by atoms with Crippen molar-refractivity contribution in [1.82, 2.24) is 4.90 Å². The summed E-state index contributed by atoms with van der Waals surface area (Å²) >= 11 is 0. The van der Waals surface area contributed by atoms with Gasteiger partial charge in [0.25, 0.3) is 0 Å². The summed E-state index contributed by atoms with van der Waals surface area (Å²) in [5.74, 6) is 0. The fourth-order valence-electron chi connectivity index (χ4n) is 4.28. The van der Waals surface area contributed by atoms with Crippen molar-refractivity contribution >= 4 is 0 Å². The second kappa shape index (κ2) is 8.31. The van der Waals surface area contributed by atoms with Crippen LogP contribution in [0.15, 0.2) is 54.6 Å². The molecule has 0 amide bonds. The van der Waals surface area contributed by atoms with Crippen LogP contribution in [0.1, 0.15) is 18.9 Å². The number of hydrogen-bond acceptors (Lipinski definition) is 5. The maximum atomic E-state index is 11.0. The minimum absolute atomic E-state index is 0.0283. The lowest BCUT2D eigenvalue weighted by molar-refractivity contribution is -0.288. The highest BCUT2D eigenvalue weighted by Crippen LogP contribution is 2.40. The van der Waals surface area contributed by atoms with E-state index in [4.69, 9.17) is 14.2 Å². The molecule has 0 saturated carbocycles. The van der Waals surface area contributed by atoms with E-state index in [9.17, 15) is 5.11 Å². The van der Waals surface area contributed by atoms with Gasteiger partial charge in [-0.1, -0.05) is 54.6 Å². The Kier molecular flexibility index (Phi) is 5.80. The third kappa shape index (κ3) is 3.73. The number of methoxy groups -OCH3 is 1. The molecule has 0 bridgehead atoms. The summed E-state index contributed by atoms with van der Waals surface area (Å²) in [7, 11) is 1.68. The standard InChI is InChI=1S/C23H29NO4/c1-23(19-10-8-18(9-11-19)17-6-4-3-5-7-17)21(25)16-20(22(26-2)28-23)24-12-14-27-15-13-24/h3-11,20-22,25H,12-16H2,1-2H3. The molecular formula is C23H29NO4. The van der Waals surface area contributed by atoms with E-state index in [1.54, 1.807) is 7.11 Å². The van der Waals surface area contributed by atoms with E-state index in [2.05, 4.69) is 29.2 Å². The lowest BCUT2D eigenvalue weighted by atomic mass is 9.82. The molecule has 2 aliphatic rings. The molecule has 28 heavy (non-hydrogen) atoms. The van der Waals surface area contributed by atoms with Crippen LogP contribution in [0.4, 0.5) is 0 Å². The van der Waals surface area contributed by atoms with Crippen LogP contribution in [-0.4, -0.2) is 61.9 Å². The third-order valence-electron chi connectivity index (χ3n) is 6.09. The number of morpholine rings is 1. The largest absolute Gasteiger partial charge is 0.390 e. The van der Waals surface area contributed by atoms with Gasteiger partial charge in [-0.25, -0.2) is 0 Å². The number of aliphatic hydroxyl groups is 1. The van der Waals surface area contributed by atoms with Gasteiger partial charge in [0.1, 0.15) is 5.60 Å². The zero-order valence-corrected chi connectivity index (χ0v) is 16.6. The topological polar surface area (TPSA) is 51.2 Å². The van der Waals surface area contributed by atoms with Crippen molar-refractivity contribution in [2.75, 3.05) is 33.4 Å². The Morgan fingerprint density at radius 3 is 2.29 bits per heavy atom. The molecule has 2 aliphatic heterocycles. The maximum absolute atomic E-state index is 11.0. The van der Waals surface area contributed by atoms with E-state index in [1.165, 1.54) is 5.56 Å². The normalized spacial score (nSPS) is 31.6. The van der Waals surface area contributed by atoms with Crippen LogP contribution in [0.25, 0.3) is 11.1 Å². The number of hydrogen-bond donors (Lipinski definition) is 1. The van der Waals surface area contributed by atoms with Crippen molar-refractivity contribution < 1.29 is 19.3 Å². The predicted octanol–water partition coefficient (Wildman–Crippen LogP) is 3.02. The second-order valence-electron chi connectivity index (χ2n) is 7.74. The van der Waals surface area contributed by atoms with Crippen molar-refractivity contribution in [2.24, 2.45) is 0 Å². The Morgan fingerprint density at radius 1 is 1.00 bits per heavy atom. The molecule has 2 saturated heterocycles. The molecule has 2 aromatic carbocycles. The summed E-state index contributed by atoms with van der Waals surface area (Å²) in [5, 5.41) is 11.0. The summed E-state index contributed by atoms with van der Waals surface area (Å²) in [5.41, 5.74) is 2.47. The first-order valence-electron chi connectivity index (χ1n) is 9.98. The monoisotopic (exact) mass is 383 g/mol. The van der Waals surface area contributed by atoms with Crippen LogP contribution in [0.5, 0.6) is 0 Å². The van der Waals surface area contributed by atoms with E-state index in [0.717, 1.165) is 24.2 Å². The zero-order chi connectivity index (χ0) is 19.6. The second-order valence-corrected chi connectivity index (χ2v) is 7.74. The molecule has 4 rings (SSSR count). The van der Waals surface area contributed by atoms with Crippen molar-refractivity contribution in [3.05, 3.63) is 60.2 Å². The molecule has 0 spiro atoms. The number of benzene rings is 2. The lowest BCUT2D eigenvalue weighted by Gasteiger charge is -2.49. The average Bonchev–Trinajstić information content (AvgIpc) is 2.76. The van der Waals surface area contributed by atoms with Gasteiger partial charge in [0, 0.05) is 20.2 Å². The van der Waals surface area contributed by atoms with Crippen molar-refractivity contribution in [2.45, 2.75) is 37.4 Å². The molecule has 150 valence electrons. The number of aliphatic hydroxyl groups excluding tert-OH is 1. The highest BCUT2D eigenvalue weighted by molar-refractivity contribution is 5.63. The summed E-state index contributed by atoms with van der Waals surface area (Å²) in [6.45, 7) is 5.05. The van der Waals surface area contributed by atoms with Gasteiger partial charge >= 0.3 is 0 Å². The van der Waals surface area contributed by atoms with Gasteiger partial charge in [0.05, 0.1) is 25.4 Å². The van der Waals surface area contributed by atoms with Gasteiger partial charge < -0.3 is 19.3 Å². The highest BCUT2D eigenvalue weighted by atomic mass is 16.7. The number of ether oxygens (including phenoxy) is 3. The first kappa shape index (κ1) is 19.6. The molecule has 2 aromatic rings. The molecule has 1 N–H and O–H groups in total. The van der Waals surface area contributed by atoms with Crippen LogP contribution in [0.3, 0.4) is 0 Å². The zero-order valence-electron chi connectivity index (χ0n) is 16.6. The maximum Gasteiger partial charge on any atom is 0.173 e. The van der Waals surface area contributed by atoms with Crippen LogP contribution in [0.2, 0.25) is 0 Å². The first-order chi connectivity index (χ1) is 13.6. The molecule has 2 heterocycles.